The van der Waals surface area contributed by atoms with Gasteiger partial charge in [0.2, 0.25) is 0 Å². The lowest BCUT2D eigenvalue weighted by atomic mass is 10.1. The number of carbonyl (C=O) groups is 1. The molecule has 33 heavy (non-hydrogen) atoms. The number of furan rings is 1. The fourth-order valence-corrected chi connectivity index (χ4v) is 4.08. The van der Waals surface area contributed by atoms with Crippen molar-refractivity contribution in [3.63, 3.8) is 0 Å². The molecule has 6 nitrogen and oxygen atoms in total. The molecule has 0 spiro atoms. The molecule has 1 atom stereocenters. The van der Waals surface area contributed by atoms with Crippen LogP contribution in [0.3, 0.4) is 0 Å². The maximum atomic E-state index is 13.6. The van der Waals surface area contributed by atoms with Crippen molar-refractivity contribution in [3.05, 3.63) is 93.3 Å². The van der Waals surface area contributed by atoms with Crippen LogP contribution in [0, 0.1) is 5.92 Å². The van der Waals surface area contributed by atoms with Crippen LogP contribution >= 0.6 is 15.9 Å². The van der Waals surface area contributed by atoms with Crippen molar-refractivity contribution in [1.29, 1.82) is 0 Å². The molecule has 170 valence electrons. The number of carbonyl (C=O) groups excluding carboxylic acids is 1. The van der Waals surface area contributed by atoms with Gasteiger partial charge in [-0.1, -0.05) is 41.9 Å². The topological polar surface area (TPSA) is 68.3 Å². The Morgan fingerprint density at radius 1 is 1.06 bits per heavy atom. The van der Waals surface area contributed by atoms with Gasteiger partial charge in [-0.05, 0) is 67.8 Å². The Hall–Kier alpha value is -3.19. The van der Waals surface area contributed by atoms with Gasteiger partial charge >= 0.3 is 0 Å². The lowest BCUT2D eigenvalue weighted by Crippen LogP contribution is -2.38. The highest BCUT2D eigenvalue weighted by Crippen LogP contribution is 2.26. The van der Waals surface area contributed by atoms with E-state index in [2.05, 4.69) is 29.8 Å². The minimum absolute atomic E-state index is 0.168. The number of amides is 1. The van der Waals surface area contributed by atoms with E-state index >= 15 is 0 Å². The van der Waals surface area contributed by atoms with Crippen molar-refractivity contribution in [2.75, 3.05) is 6.54 Å². The van der Waals surface area contributed by atoms with Crippen LogP contribution in [0.25, 0.3) is 16.6 Å². The molecule has 0 aliphatic carbocycles. The molecule has 0 N–H and O–H groups in total. The van der Waals surface area contributed by atoms with Crippen molar-refractivity contribution >= 4 is 32.7 Å². The Morgan fingerprint density at radius 2 is 1.79 bits per heavy atom. The van der Waals surface area contributed by atoms with Crippen LogP contribution in [-0.4, -0.2) is 26.9 Å². The number of benzene rings is 2. The molecule has 0 bridgehead atoms. The van der Waals surface area contributed by atoms with Gasteiger partial charge in [-0.2, -0.15) is 0 Å². The van der Waals surface area contributed by atoms with Crippen LogP contribution in [0.5, 0.6) is 0 Å². The van der Waals surface area contributed by atoms with E-state index < -0.39 is 6.04 Å². The molecule has 7 heteroatoms. The zero-order valence-electron chi connectivity index (χ0n) is 18.9. The van der Waals surface area contributed by atoms with Crippen LogP contribution in [0.2, 0.25) is 0 Å². The first-order chi connectivity index (χ1) is 15.9. The summed E-state index contributed by atoms with van der Waals surface area (Å²) in [7, 11) is 0. The van der Waals surface area contributed by atoms with Crippen LogP contribution in [0.15, 0.2) is 80.6 Å². The van der Waals surface area contributed by atoms with Crippen molar-refractivity contribution in [1.82, 2.24) is 14.5 Å². The Bertz CT molecular complexity index is 1310. The second-order valence-corrected chi connectivity index (χ2v) is 9.35. The molecule has 0 aliphatic heterocycles. The van der Waals surface area contributed by atoms with Crippen molar-refractivity contribution in [2.45, 2.75) is 33.2 Å². The molecular weight excluding hydrogens is 482 g/mol. The average Bonchev–Trinajstić information content (AvgIpc) is 3.34. The fourth-order valence-electron chi connectivity index (χ4n) is 3.82. The molecule has 0 fully saturated rings. The maximum absolute atomic E-state index is 13.6. The third-order valence-corrected chi connectivity index (χ3v) is 6.20. The van der Waals surface area contributed by atoms with E-state index in [-0.39, 0.29) is 17.2 Å². The largest absolute Gasteiger partial charge is 0.459 e. The summed E-state index contributed by atoms with van der Waals surface area (Å²) in [5, 5.41) is 0.530. The lowest BCUT2D eigenvalue weighted by Gasteiger charge is -2.30. The number of rotatable bonds is 7. The molecule has 1 unspecified atom stereocenters. The summed E-state index contributed by atoms with van der Waals surface area (Å²) in [5.41, 5.74) is 1.13. The second-order valence-electron chi connectivity index (χ2n) is 8.44. The van der Waals surface area contributed by atoms with Crippen molar-refractivity contribution < 1.29 is 9.21 Å². The predicted molar refractivity (Wildman–Crippen MR) is 133 cm³/mol. The Labute approximate surface area is 201 Å². The summed E-state index contributed by atoms with van der Waals surface area (Å²) >= 11 is 3.46. The van der Waals surface area contributed by atoms with Crippen LogP contribution in [0.4, 0.5) is 0 Å². The zero-order valence-corrected chi connectivity index (χ0v) is 20.5. The summed E-state index contributed by atoms with van der Waals surface area (Å²) in [6.45, 7) is 6.66. The second kappa shape index (κ2) is 9.75. The van der Waals surface area contributed by atoms with Crippen molar-refractivity contribution in [3.8, 4) is 5.69 Å². The SMILES string of the molecule is CC(C)CCN(C(=O)c1ccco1)C(C)c1nc2ccccc2c(=O)n1-c1ccc(Br)cc1. The summed E-state index contributed by atoms with van der Waals surface area (Å²) in [6, 6.07) is 17.7. The summed E-state index contributed by atoms with van der Waals surface area (Å²) in [5.74, 6) is 0.953. The number of aromatic nitrogens is 2. The van der Waals surface area contributed by atoms with E-state index in [9.17, 15) is 9.59 Å². The quantitative estimate of drug-likeness (QED) is 0.308. The minimum Gasteiger partial charge on any atom is -0.459 e. The van der Waals surface area contributed by atoms with E-state index in [0.29, 0.717) is 34.9 Å². The molecule has 4 aromatic rings. The number of nitrogens with zero attached hydrogens (tertiary/aromatic N) is 3. The van der Waals surface area contributed by atoms with Gasteiger partial charge in [0, 0.05) is 11.0 Å². The molecule has 0 saturated carbocycles. The van der Waals surface area contributed by atoms with E-state index in [1.54, 1.807) is 27.7 Å². The lowest BCUT2D eigenvalue weighted by molar-refractivity contribution is 0.0638. The number of fused-ring (bicyclic) bond motifs is 1. The standard InChI is InChI=1S/C26H26BrN3O3/c1-17(2)14-15-29(26(32)23-9-6-16-33-23)18(3)24-28-22-8-5-4-7-21(22)25(31)30(24)20-12-10-19(27)11-13-20/h4-13,16-18H,14-15H2,1-3H3. The molecule has 0 saturated heterocycles. The number of para-hydroxylation sites is 1. The maximum Gasteiger partial charge on any atom is 0.290 e. The summed E-state index contributed by atoms with van der Waals surface area (Å²) in [6.07, 6.45) is 2.30. The number of hydrogen-bond acceptors (Lipinski definition) is 4. The highest BCUT2D eigenvalue weighted by atomic mass is 79.9. The van der Waals surface area contributed by atoms with E-state index in [1.807, 2.05) is 49.4 Å². The normalized spacial score (nSPS) is 12.3. The Balaban J connectivity index is 1.89. The summed E-state index contributed by atoms with van der Waals surface area (Å²) in [4.78, 5) is 33.6. The van der Waals surface area contributed by atoms with Gasteiger partial charge in [0.05, 0.1) is 28.9 Å². The van der Waals surface area contributed by atoms with Gasteiger partial charge in [-0.3, -0.25) is 14.2 Å². The molecule has 0 radical (unpaired) electrons. The predicted octanol–water partition coefficient (Wildman–Crippen LogP) is 5.99. The van der Waals surface area contributed by atoms with Gasteiger partial charge in [-0.25, -0.2) is 4.98 Å². The molecule has 2 heterocycles. The monoisotopic (exact) mass is 507 g/mol. The number of hydrogen-bond donors (Lipinski definition) is 0. The third-order valence-electron chi connectivity index (χ3n) is 5.67. The average molecular weight is 508 g/mol. The molecule has 2 aromatic heterocycles. The van der Waals surface area contributed by atoms with Crippen LogP contribution in [-0.2, 0) is 0 Å². The van der Waals surface area contributed by atoms with Gasteiger partial charge in [0.25, 0.3) is 11.5 Å². The van der Waals surface area contributed by atoms with Gasteiger partial charge in [0.1, 0.15) is 5.82 Å². The Kier molecular flexibility index (Phi) is 6.79. The highest BCUT2D eigenvalue weighted by Gasteiger charge is 2.29. The molecule has 2 aromatic carbocycles. The van der Waals surface area contributed by atoms with Crippen LogP contribution < -0.4 is 5.56 Å². The van der Waals surface area contributed by atoms with Gasteiger partial charge < -0.3 is 9.32 Å². The molecule has 1 amide bonds. The number of halogens is 1. The summed E-state index contributed by atoms with van der Waals surface area (Å²) < 4.78 is 7.93. The van der Waals surface area contributed by atoms with Gasteiger partial charge in [-0.15, -0.1) is 0 Å². The van der Waals surface area contributed by atoms with E-state index in [4.69, 9.17) is 9.40 Å². The smallest absolute Gasteiger partial charge is 0.290 e. The third kappa shape index (κ3) is 4.78. The van der Waals surface area contributed by atoms with Gasteiger partial charge in [0.15, 0.2) is 5.76 Å². The van der Waals surface area contributed by atoms with E-state index in [1.165, 1.54) is 6.26 Å². The fraction of sp³-hybridized carbons (Fsp3) is 0.269. The first kappa shape index (κ1) is 23.0. The molecular formula is C26H26BrN3O3. The zero-order chi connectivity index (χ0) is 23.5. The highest BCUT2D eigenvalue weighted by molar-refractivity contribution is 9.10. The Morgan fingerprint density at radius 3 is 2.45 bits per heavy atom. The molecule has 4 rings (SSSR count). The minimum atomic E-state index is -0.470. The van der Waals surface area contributed by atoms with E-state index in [0.717, 1.165) is 10.9 Å². The molecule has 0 aliphatic rings. The first-order valence-electron chi connectivity index (χ1n) is 11.0. The van der Waals surface area contributed by atoms with Crippen LogP contribution in [0.1, 0.15) is 49.6 Å². The first-order valence-corrected chi connectivity index (χ1v) is 11.8. The van der Waals surface area contributed by atoms with Crippen molar-refractivity contribution in [2.24, 2.45) is 5.92 Å².